The maximum absolute atomic E-state index is 13.6. The lowest BCUT2D eigenvalue weighted by Gasteiger charge is -2.34. The van der Waals surface area contributed by atoms with Gasteiger partial charge >= 0.3 is 23.9 Å². The molecule has 3 aliphatic carbocycles. The number of hydrogen-bond donors (Lipinski definition) is 4. The Morgan fingerprint density at radius 2 is 0.731 bits per heavy atom. The van der Waals surface area contributed by atoms with E-state index in [1.54, 1.807) is 56.3 Å². The topological polar surface area (TPSA) is 217 Å². The van der Waals surface area contributed by atoms with Crippen LogP contribution in [0.5, 0.6) is 0 Å². The molecule has 0 saturated heterocycles. The van der Waals surface area contributed by atoms with Gasteiger partial charge in [-0.1, -0.05) is 146 Å². The summed E-state index contributed by atoms with van der Waals surface area (Å²) < 4.78 is 0. The van der Waals surface area contributed by atoms with Crippen molar-refractivity contribution in [3.63, 3.8) is 0 Å². The molecule has 6 aromatic rings. The predicted molar refractivity (Wildman–Crippen MR) is 300 cm³/mol. The molecule has 12 heteroatoms. The van der Waals surface area contributed by atoms with E-state index < -0.39 is 29.3 Å². The Hall–Kier alpha value is -8.12. The van der Waals surface area contributed by atoms with E-state index in [0.717, 1.165) is 73.6 Å². The average molecular weight is 1050 g/mol. The van der Waals surface area contributed by atoms with Crippen molar-refractivity contribution in [2.45, 2.75) is 118 Å². The number of fused-ring (bicyclic) bond motifs is 3. The zero-order valence-corrected chi connectivity index (χ0v) is 43.9. The van der Waals surface area contributed by atoms with E-state index in [9.17, 15) is 58.8 Å². The minimum atomic E-state index is -1.22. The first-order valence-corrected chi connectivity index (χ1v) is 26.7. The molecule has 12 nitrogen and oxygen atoms in total. The van der Waals surface area contributed by atoms with Gasteiger partial charge in [-0.15, -0.1) is 0 Å². The fourth-order valence-corrected chi connectivity index (χ4v) is 11.9. The van der Waals surface area contributed by atoms with Gasteiger partial charge in [-0.25, -0.2) is 19.2 Å². The molecule has 0 unspecified atom stereocenters. The van der Waals surface area contributed by atoms with Crippen molar-refractivity contribution in [3.8, 4) is 22.3 Å². The molecule has 0 amide bonds. The van der Waals surface area contributed by atoms with Crippen LogP contribution in [0.4, 0.5) is 0 Å². The molecule has 2 fully saturated rings. The number of hydrogen-bond acceptors (Lipinski definition) is 8. The van der Waals surface area contributed by atoms with Gasteiger partial charge in [0, 0.05) is 47.9 Å². The Kier molecular flexibility index (Phi) is 18.1. The van der Waals surface area contributed by atoms with Crippen LogP contribution in [0.1, 0.15) is 217 Å². The molecule has 0 spiro atoms. The lowest BCUT2D eigenvalue weighted by molar-refractivity contribution is 0.0682. The van der Waals surface area contributed by atoms with Crippen LogP contribution in [0.2, 0.25) is 0 Å². The van der Waals surface area contributed by atoms with Crippen LogP contribution in [0.3, 0.4) is 0 Å². The van der Waals surface area contributed by atoms with Gasteiger partial charge in [-0.2, -0.15) is 0 Å². The van der Waals surface area contributed by atoms with Gasteiger partial charge in [0.05, 0.1) is 27.7 Å². The lowest BCUT2D eigenvalue weighted by atomic mass is 9.66. The number of ketones is 4. The fraction of sp³-hybridized carbons (Fsp3) is 0.333. The number of rotatable bonds is 17. The zero-order valence-electron chi connectivity index (χ0n) is 43.9. The van der Waals surface area contributed by atoms with Gasteiger partial charge in [0.15, 0.2) is 23.1 Å². The Labute approximate surface area is 455 Å². The highest BCUT2D eigenvalue weighted by Gasteiger charge is 2.47. The number of Topliss-reactive ketones (excluding diaryl/α,β-unsaturated/α-hetero) is 4. The van der Waals surface area contributed by atoms with E-state index in [4.69, 9.17) is 0 Å². The number of carbonyl (C=O) groups excluding carboxylic acids is 4. The first kappa shape index (κ1) is 57.6. The summed E-state index contributed by atoms with van der Waals surface area (Å²) in [5.74, 6) is -3.92. The van der Waals surface area contributed by atoms with Gasteiger partial charge < -0.3 is 20.4 Å². The smallest absolute Gasteiger partial charge is 0.336 e. The van der Waals surface area contributed by atoms with E-state index in [2.05, 4.69) is 13.8 Å². The van der Waals surface area contributed by atoms with E-state index >= 15 is 0 Å². The van der Waals surface area contributed by atoms with Gasteiger partial charge in [-0.3, -0.25) is 19.2 Å². The predicted octanol–water partition coefficient (Wildman–Crippen LogP) is 14.8. The van der Waals surface area contributed by atoms with Crippen molar-refractivity contribution < 1.29 is 58.8 Å². The Balaban J connectivity index is 0.000000237. The molecule has 6 aromatic carbocycles. The van der Waals surface area contributed by atoms with Crippen molar-refractivity contribution >= 4 is 47.0 Å². The van der Waals surface area contributed by atoms with Crippen molar-refractivity contribution in [1.29, 1.82) is 0 Å². The Morgan fingerprint density at radius 1 is 0.397 bits per heavy atom. The molecule has 3 aliphatic rings. The fourth-order valence-electron chi connectivity index (χ4n) is 11.9. The summed E-state index contributed by atoms with van der Waals surface area (Å²) in [5, 5.41) is 39.8. The summed E-state index contributed by atoms with van der Waals surface area (Å²) in [6, 6.07) is 34.6. The summed E-state index contributed by atoms with van der Waals surface area (Å²) >= 11 is 0. The summed E-state index contributed by atoms with van der Waals surface area (Å²) in [6.45, 7) is 7.78. The van der Waals surface area contributed by atoms with Gasteiger partial charge in [0.2, 0.25) is 0 Å². The average Bonchev–Trinajstić information content (AvgIpc) is 4.00. The minimum Gasteiger partial charge on any atom is -0.478 e. The highest BCUT2D eigenvalue weighted by atomic mass is 16.4. The third-order valence-corrected chi connectivity index (χ3v) is 16.2. The maximum atomic E-state index is 13.6. The second-order valence-corrected chi connectivity index (χ2v) is 21.2. The highest BCUT2D eigenvalue weighted by Crippen LogP contribution is 2.56. The van der Waals surface area contributed by atoms with Crippen LogP contribution < -0.4 is 0 Å². The summed E-state index contributed by atoms with van der Waals surface area (Å²) in [4.78, 5) is 100. The van der Waals surface area contributed by atoms with Crippen LogP contribution in [0.25, 0.3) is 22.3 Å². The molecule has 9 rings (SSSR count). The first-order valence-electron chi connectivity index (χ1n) is 26.7. The summed E-state index contributed by atoms with van der Waals surface area (Å²) in [7, 11) is 0. The number of carboxylic acid groups (broad SMARTS) is 4. The highest BCUT2D eigenvalue weighted by molar-refractivity contribution is 6.09. The van der Waals surface area contributed by atoms with Crippen LogP contribution >= 0.6 is 0 Å². The maximum Gasteiger partial charge on any atom is 0.336 e. The molecule has 0 bridgehead atoms. The van der Waals surface area contributed by atoms with Gasteiger partial charge in [-0.05, 0) is 130 Å². The lowest BCUT2D eigenvalue weighted by Crippen LogP contribution is -2.30. The molecule has 0 aromatic heterocycles. The van der Waals surface area contributed by atoms with E-state index in [1.165, 1.54) is 24.3 Å². The first-order chi connectivity index (χ1) is 36.9. The SMILES string of the molecule is C.CCC(=O)c1ccc(-c2ccc(C(=O)O)c(C(=O)CC3CCC(C)CC3)c2)cc1C(=O)O.CCC(=O)c1ccc(C2(c3ccc(C(=O)CC4CCC(C)CC4)c(C(=O)O)c3)c3ccccc3-c3ccccc32)cc1C(=O)O. The molecule has 2 saturated carbocycles. The molecule has 404 valence electrons. The third-order valence-electron chi connectivity index (χ3n) is 16.2. The van der Waals surface area contributed by atoms with Crippen LogP contribution in [-0.4, -0.2) is 67.4 Å². The monoisotopic (exact) mass is 1050 g/mol. The quantitative estimate of drug-likeness (QED) is 0.0626. The molecule has 0 atom stereocenters. The molecule has 4 N–H and O–H groups in total. The van der Waals surface area contributed by atoms with Crippen LogP contribution in [0.15, 0.2) is 121 Å². The summed E-state index contributed by atoms with van der Waals surface area (Å²) in [5.41, 5.74) is 5.01. The van der Waals surface area contributed by atoms with E-state index in [0.29, 0.717) is 46.9 Å². The van der Waals surface area contributed by atoms with Gasteiger partial charge in [0.1, 0.15) is 0 Å². The standard InChI is InChI=1S/C39H36O6.C26H28O6.CH4/c1-3-35(40)29-18-16-25(21-31(29)37(42)43)39(33-10-6-4-8-27(33)28-9-5-7-11-34(28)39)26-17-19-30(32(22-26)38(44)45)36(41)20-24-14-12-23(2)13-15-24;1-3-23(27)19-10-8-18(14-22(19)26(31)32)17-9-11-20(25(29)30)21(13-17)24(28)12-16-6-4-15(2)5-7-16;/h4-11,16-19,21-24H,3,12-15,20H2,1-2H3,(H,42,43)(H,44,45);8-11,13-16H,3-7,12H2,1-2H3,(H,29,30)(H,31,32);1H4. The number of carbonyl (C=O) groups is 8. The molecule has 78 heavy (non-hydrogen) atoms. The third kappa shape index (κ3) is 11.6. The second-order valence-electron chi connectivity index (χ2n) is 21.2. The largest absolute Gasteiger partial charge is 0.478 e. The molecule has 0 aliphatic heterocycles. The number of aromatic carboxylic acids is 4. The molecular weight excluding hydrogens is 985 g/mol. The minimum absolute atomic E-state index is 0. The van der Waals surface area contributed by atoms with E-state index in [-0.39, 0.29) is 99.7 Å². The van der Waals surface area contributed by atoms with Crippen molar-refractivity contribution in [1.82, 2.24) is 0 Å². The molecule has 0 heterocycles. The Bertz CT molecular complexity index is 3280. The molecular formula is C66H68O12. The van der Waals surface area contributed by atoms with Gasteiger partial charge in [0.25, 0.3) is 0 Å². The summed E-state index contributed by atoms with van der Waals surface area (Å²) in [6.07, 6.45) is 9.12. The van der Waals surface area contributed by atoms with Crippen molar-refractivity contribution in [2.24, 2.45) is 23.7 Å². The van der Waals surface area contributed by atoms with Crippen molar-refractivity contribution in [3.05, 3.63) is 188 Å². The van der Waals surface area contributed by atoms with Crippen LogP contribution in [0, 0.1) is 23.7 Å². The normalized spacial score (nSPS) is 17.9. The van der Waals surface area contributed by atoms with Crippen molar-refractivity contribution in [2.75, 3.05) is 0 Å². The Morgan fingerprint density at radius 3 is 1.13 bits per heavy atom. The van der Waals surface area contributed by atoms with E-state index in [1.807, 2.05) is 54.6 Å². The zero-order chi connectivity index (χ0) is 55.3. The number of benzene rings is 6. The molecule has 0 radical (unpaired) electrons. The number of carboxylic acids is 4. The second kappa shape index (κ2) is 24.5. The van der Waals surface area contributed by atoms with Crippen LogP contribution in [-0.2, 0) is 5.41 Å².